The highest BCUT2D eigenvalue weighted by Gasteiger charge is 2.21. The highest BCUT2D eigenvalue weighted by molar-refractivity contribution is 7.80. The summed E-state index contributed by atoms with van der Waals surface area (Å²) in [5.41, 5.74) is 5.57. The van der Waals surface area contributed by atoms with Crippen LogP contribution in [0.2, 0.25) is 0 Å². The third-order valence-corrected chi connectivity index (χ3v) is 3.11. The Balaban J connectivity index is 4.25. The van der Waals surface area contributed by atoms with Gasteiger partial charge in [-0.05, 0) is 13.3 Å². The van der Waals surface area contributed by atoms with Gasteiger partial charge in [-0.15, -0.1) is 0 Å². The number of carbonyl (C=O) groups excluding carboxylic acids is 4. The number of rotatable bonds is 10. The lowest BCUT2D eigenvalue weighted by atomic mass is 10.1. The Hall–Kier alpha value is -1.81. The van der Waals surface area contributed by atoms with Crippen LogP contribution in [0.4, 0.5) is 0 Å². The van der Waals surface area contributed by atoms with E-state index >= 15 is 0 Å². The van der Waals surface area contributed by atoms with Gasteiger partial charge in [0.05, 0.1) is 13.7 Å². The number of ether oxygens (including phenoxy) is 2. The van der Waals surface area contributed by atoms with Crippen LogP contribution in [0.3, 0.4) is 0 Å². The van der Waals surface area contributed by atoms with Crippen molar-refractivity contribution in [3.05, 3.63) is 0 Å². The van der Waals surface area contributed by atoms with E-state index in [-0.39, 0.29) is 31.7 Å². The first-order chi connectivity index (χ1) is 10.8. The lowest BCUT2D eigenvalue weighted by Crippen LogP contribution is -2.49. The van der Waals surface area contributed by atoms with Crippen LogP contribution in [-0.4, -0.2) is 61.9 Å². The first-order valence-electron chi connectivity index (χ1n) is 7.02. The molecule has 4 N–H and O–H groups in total. The standard InChI is InChI=1S/C13H23N3O6S/c1-3-22-13(20)8(14)4-5-10(17)16-9(7-23)12(19)15-6-11(18)21-2/h8-9,23H,3-7,14H2,1-2H3,(H,15,19)(H,16,17). The Bertz CT molecular complexity index is 432. The van der Waals surface area contributed by atoms with Crippen LogP contribution in [0.1, 0.15) is 19.8 Å². The first kappa shape index (κ1) is 21.2. The molecule has 9 nitrogen and oxygen atoms in total. The Morgan fingerprint density at radius 3 is 2.43 bits per heavy atom. The van der Waals surface area contributed by atoms with Gasteiger partial charge >= 0.3 is 11.9 Å². The zero-order valence-electron chi connectivity index (χ0n) is 13.2. The van der Waals surface area contributed by atoms with Crippen LogP contribution in [0.25, 0.3) is 0 Å². The molecule has 0 spiro atoms. The highest BCUT2D eigenvalue weighted by atomic mass is 32.1. The summed E-state index contributed by atoms with van der Waals surface area (Å²) in [5.74, 6) is -2.17. The van der Waals surface area contributed by atoms with E-state index in [0.717, 1.165) is 0 Å². The molecule has 0 rings (SSSR count). The predicted octanol–water partition coefficient (Wildman–Crippen LogP) is -1.64. The predicted molar refractivity (Wildman–Crippen MR) is 84.7 cm³/mol. The van der Waals surface area contributed by atoms with E-state index in [1.807, 2.05) is 0 Å². The van der Waals surface area contributed by atoms with Crippen molar-refractivity contribution in [2.24, 2.45) is 5.73 Å². The molecule has 0 saturated carbocycles. The number of esters is 2. The summed E-state index contributed by atoms with van der Waals surface area (Å²) < 4.78 is 9.11. The third kappa shape index (κ3) is 9.04. The Kier molecular flexibility index (Phi) is 10.8. The van der Waals surface area contributed by atoms with Gasteiger partial charge in [-0.3, -0.25) is 19.2 Å². The fourth-order valence-corrected chi connectivity index (χ4v) is 1.73. The second kappa shape index (κ2) is 11.7. The fraction of sp³-hybridized carbons (Fsp3) is 0.692. The number of hydrogen-bond acceptors (Lipinski definition) is 8. The van der Waals surface area contributed by atoms with Gasteiger partial charge in [0.2, 0.25) is 11.8 Å². The van der Waals surface area contributed by atoms with Crippen molar-refractivity contribution in [1.29, 1.82) is 0 Å². The van der Waals surface area contributed by atoms with E-state index < -0.39 is 35.8 Å². The Morgan fingerprint density at radius 2 is 1.91 bits per heavy atom. The second-order valence-electron chi connectivity index (χ2n) is 4.49. The number of nitrogens with two attached hydrogens (primary N) is 1. The van der Waals surface area contributed by atoms with Crippen LogP contribution < -0.4 is 16.4 Å². The van der Waals surface area contributed by atoms with Crippen molar-refractivity contribution in [2.75, 3.05) is 26.0 Å². The van der Waals surface area contributed by atoms with Gasteiger partial charge in [0.15, 0.2) is 0 Å². The van der Waals surface area contributed by atoms with Crippen molar-refractivity contribution in [1.82, 2.24) is 10.6 Å². The smallest absolute Gasteiger partial charge is 0.325 e. The lowest BCUT2D eigenvalue weighted by Gasteiger charge is -2.16. The molecule has 0 aromatic carbocycles. The van der Waals surface area contributed by atoms with Gasteiger partial charge in [0.1, 0.15) is 18.6 Å². The molecule has 0 aliphatic rings. The average Bonchev–Trinajstić information content (AvgIpc) is 2.54. The van der Waals surface area contributed by atoms with Crippen molar-refractivity contribution < 1.29 is 28.7 Å². The molecule has 2 amide bonds. The van der Waals surface area contributed by atoms with Crippen molar-refractivity contribution in [3.8, 4) is 0 Å². The number of nitrogens with one attached hydrogen (secondary N) is 2. The van der Waals surface area contributed by atoms with E-state index in [2.05, 4.69) is 28.0 Å². The maximum atomic E-state index is 11.8. The summed E-state index contributed by atoms with van der Waals surface area (Å²) in [6.07, 6.45) is 0.0439. The third-order valence-electron chi connectivity index (χ3n) is 2.74. The summed E-state index contributed by atoms with van der Waals surface area (Å²) in [7, 11) is 1.19. The number of amides is 2. The minimum atomic E-state index is -0.908. The normalized spacial score (nSPS) is 12.7. The van der Waals surface area contributed by atoms with Crippen LogP contribution in [0.15, 0.2) is 0 Å². The zero-order valence-corrected chi connectivity index (χ0v) is 14.1. The van der Waals surface area contributed by atoms with Crippen molar-refractivity contribution in [2.45, 2.75) is 31.8 Å². The molecule has 0 fully saturated rings. The molecule has 0 bridgehead atoms. The molecule has 10 heteroatoms. The highest BCUT2D eigenvalue weighted by Crippen LogP contribution is 1.99. The van der Waals surface area contributed by atoms with Crippen LogP contribution in [-0.2, 0) is 28.7 Å². The Labute approximate surface area is 140 Å². The van der Waals surface area contributed by atoms with Crippen LogP contribution in [0, 0.1) is 0 Å². The molecular formula is C13H23N3O6S. The molecule has 0 saturated heterocycles. The molecule has 2 unspecified atom stereocenters. The van der Waals surface area contributed by atoms with Crippen molar-refractivity contribution in [3.63, 3.8) is 0 Å². The van der Waals surface area contributed by atoms with Gasteiger partial charge in [0.25, 0.3) is 0 Å². The fourth-order valence-electron chi connectivity index (χ4n) is 1.47. The minimum absolute atomic E-state index is 0.0443. The molecule has 0 aliphatic heterocycles. The summed E-state index contributed by atoms with van der Waals surface area (Å²) in [5, 5.41) is 4.76. The van der Waals surface area contributed by atoms with Gasteiger partial charge < -0.3 is 25.8 Å². The van der Waals surface area contributed by atoms with Gasteiger partial charge in [-0.25, -0.2) is 0 Å². The maximum Gasteiger partial charge on any atom is 0.325 e. The summed E-state index contributed by atoms with van der Waals surface area (Å²) in [6, 6.07) is -1.81. The number of hydrogen-bond donors (Lipinski definition) is 4. The molecule has 0 radical (unpaired) electrons. The van der Waals surface area contributed by atoms with Crippen molar-refractivity contribution >= 4 is 36.4 Å². The van der Waals surface area contributed by atoms with Gasteiger partial charge in [0, 0.05) is 12.2 Å². The zero-order chi connectivity index (χ0) is 17.8. The maximum absolute atomic E-state index is 11.8. The van der Waals surface area contributed by atoms with Crippen LogP contribution in [0.5, 0.6) is 0 Å². The number of carbonyl (C=O) groups is 4. The van der Waals surface area contributed by atoms with Crippen LogP contribution >= 0.6 is 12.6 Å². The quantitative estimate of drug-likeness (QED) is 0.274. The van der Waals surface area contributed by atoms with E-state index in [1.165, 1.54) is 7.11 Å². The second-order valence-corrected chi connectivity index (χ2v) is 4.86. The average molecular weight is 349 g/mol. The SMILES string of the molecule is CCOC(=O)C(N)CCC(=O)NC(CS)C(=O)NCC(=O)OC. The molecular weight excluding hydrogens is 326 g/mol. The molecule has 2 atom stereocenters. The molecule has 23 heavy (non-hydrogen) atoms. The largest absolute Gasteiger partial charge is 0.468 e. The van der Waals surface area contributed by atoms with E-state index in [1.54, 1.807) is 6.92 Å². The van der Waals surface area contributed by atoms with Gasteiger partial charge in [-0.2, -0.15) is 12.6 Å². The molecule has 132 valence electrons. The summed E-state index contributed by atoms with van der Waals surface area (Å²) >= 11 is 3.98. The molecule has 0 aromatic rings. The van der Waals surface area contributed by atoms with E-state index in [9.17, 15) is 19.2 Å². The van der Waals surface area contributed by atoms with Gasteiger partial charge in [-0.1, -0.05) is 0 Å². The van der Waals surface area contributed by atoms with E-state index in [0.29, 0.717) is 0 Å². The van der Waals surface area contributed by atoms with E-state index in [4.69, 9.17) is 10.5 Å². The summed E-state index contributed by atoms with van der Waals surface area (Å²) in [4.78, 5) is 45.8. The molecule has 0 aromatic heterocycles. The Morgan fingerprint density at radius 1 is 1.26 bits per heavy atom. The number of methoxy groups -OCH3 is 1. The topological polar surface area (TPSA) is 137 Å². The number of thiol groups is 1. The molecule has 0 aliphatic carbocycles. The molecule has 0 heterocycles. The minimum Gasteiger partial charge on any atom is -0.468 e. The lowest BCUT2D eigenvalue weighted by molar-refractivity contribution is -0.145. The monoisotopic (exact) mass is 349 g/mol. The first-order valence-corrected chi connectivity index (χ1v) is 7.65. The summed E-state index contributed by atoms with van der Waals surface area (Å²) in [6.45, 7) is 1.56.